The monoisotopic (exact) mass is 318 g/mol. The maximum absolute atomic E-state index is 13.0. The molecule has 5 heteroatoms. The van der Waals surface area contributed by atoms with Crippen molar-refractivity contribution in [2.75, 3.05) is 0 Å². The predicted octanol–water partition coefficient (Wildman–Crippen LogP) is 3.13. The van der Waals surface area contributed by atoms with Gasteiger partial charge in [-0.15, -0.1) is 0 Å². The maximum Gasteiger partial charge on any atom is 0.198 e. The summed E-state index contributed by atoms with van der Waals surface area (Å²) in [6, 6.07) is 12.1. The Kier molecular flexibility index (Phi) is 3.09. The molecule has 1 heterocycles. The van der Waals surface area contributed by atoms with Crippen molar-refractivity contribution >= 4 is 11.6 Å². The van der Waals surface area contributed by atoms with Crippen LogP contribution >= 0.6 is 0 Å². The third kappa shape index (κ3) is 2.06. The smallest absolute Gasteiger partial charge is 0.198 e. The van der Waals surface area contributed by atoms with Crippen molar-refractivity contribution in [1.82, 2.24) is 10.2 Å². The van der Waals surface area contributed by atoms with Crippen LogP contribution in [0.25, 0.3) is 22.5 Å². The highest BCUT2D eigenvalue weighted by atomic mass is 16.3. The van der Waals surface area contributed by atoms with Crippen LogP contribution in [0.3, 0.4) is 0 Å². The van der Waals surface area contributed by atoms with E-state index in [9.17, 15) is 14.7 Å². The van der Waals surface area contributed by atoms with Crippen LogP contribution in [0.2, 0.25) is 0 Å². The molecule has 5 nitrogen and oxygen atoms in total. The Morgan fingerprint density at radius 1 is 1.12 bits per heavy atom. The molecule has 0 spiro atoms. The van der Waals surface area contributed by atoms with Gasteiger partial charge >= 0.3 is 0 Å². The van der Waals surface area contributed by atoms with E-state index in [1.54, 1.807) is 24.3 Å². The van der Waals surface area contributed by atoms with Gasteiger partial charge in [-0.1, -0.05) is 18.2 Å². The van der Waals surface area contributed by atoms with Crippen molar-refractivity contribution in [2.24, 2.45) is 0 Å². The Balaban J connectivity index is 1.88. The minimum absolute atomic E-state index is 0.0173. The summed E-state index contributed by atoms with van der Waals surface area (Å²) in [4.78, 5) is 24.5. The predicted molar refractivity (Wildman–Crippen MR) is 88.9 cm³/mol. The van der Waals surface area contributed by atoms with Gasteiger partial charge in [-0.05, 0) is 36.8 Å². The number of hydrogen-bond acceptors (Lipinski definition) is 4. The molecule has 0 unspecified atom stereocenters. The number of nitrogens with zero attached hydrogens (tertiary/aromatic N) is 1. The first kappa shape index (κ1) is 14.4. The van der Waals surface area contributed by atoms with Crippen LogP contribution in [0.4, 0.5) is 0 Å². The minimum atomic E-state index is -0.117. The number of phenols is 1. The number of carbonyl (C=O) groups is 2. The van der Waals surface area contributed by atoms with Gasteiger partial charge in [0.2, 0.25) is 0 Å². The van der Waals surface area contributed by atoms with Crippen molar-refractivity contribution in [3.05, 3.63) is 59.2 Å². The van der Waals surface area contributed by atoms with Gasteiger partial charge in [0, 0.05) is 23.1 Å². The largest absolute Gasteiger partial charge is 0.508 e. The SMILES string of the molecule is CC(=O)Cc1cccc2c1C(=O)c1c(-c3ccc(O)cc3)n[nH]c1-2. The lowest BCUT2D eigenvalue weighted by Crippen LogP contribution is -2.06. The van der Waals surface area contributed by atoms with Gasteiger partial charge in [-0.2, -0.15) is 5.10 Å². The molecule has 1 aliphatic rings. The number of fused-ring (bicyclic) bond motifs is 3. The summed E-state index contributed by atoms with van der Waals surface area (Å²) in [6.45, 7) is 1.52. The minimum Gasteiger partial charge on any atom is -0.508 e. The third-order valence-electron chi connectivity index (χ3n) is 4.22. The van der Waals surface area contributed by atoms with E-state index in [4.69, 9.17) is 0 Å². The normalized spacial score (nSPS) is 12.1. The highest BCUT2D eigenvalue weighted by Crippen LogP contribution is 2.41. The second-order valence-corrected chi connectivity index (χ2v) is 5.92. The number of benzene rings is 2. The van der Waals surface area contributed by atoms with Crippen molar-refractivity contribution in [3.63, 3.8) is 0 Å². The summed E-state index contributed by atoms with van der Waals surface area (Å²) in [7, 11) is 0. The van der Waals surface area contributed by atoms with E-state index in [1.165, 1.54) is 6.92 Å². The van der Waals surface area contributed by atoms with Crippen LogP contribution in [0, 0.1) is 0 Å². The van der Waals surface area contributed by atoms with E-state index < -0.39 is 0 Å². The second-order valence-electron chi connectivity index (χ2n) is 5.92. The standard InChI is InChI=1S/C19H14N2O3/c1-10(22)9-12-3-2-4-14-15(12)19(24)16-17(20-21-18(14)16)11-5-7-13(23)8-6-11/h2-8,23H,9H2,1H3,(H,20,21). The molecular weight excluding hydrogens is 304 g/mol. The lowest BCUT2D eigenvalue weighted by atomic mass is 9.97. The molecule has 24 heavy (non-hydrogen) atoms. The fraction of sp³-hybridized carbons (Fsp3) is 0.105. The summed E-state index contributed by atoms with van der Waals surface area (Å²) in [5.74, 6) is 0.0570. The topological polar surface area (TPSA) is 83.1 Å². The zero-order valence-electron chi connectivity index (χ0n) is 13.0. The molecule has 0 atom stereocenters. The molecule has 0 bridgehead atoms. The average molecular weight is 318 g/mol. The van der Waals surface area contributed by atoms with Gasteiger partial charge < -0.3 is 5.11 Å². The van der Waals surface area contributed by atoms with Gasteiger partial charge in [0.1, 0.15) is 17.2 Å². The van der Waals surface area contributed by atoms with Crippen molar-refractivity contribution < 1.29 is 14.7 Å². The first-order valence-electron chi connectivity index (χ1n) is 7.60. The third-order valence-corrected chi connectivity index (χ3v) is 4.22. The Labute approximate surface area is 138 Å². The fourth-order valence-corrected chi connectivity index (χ4v) is 3.20. The summed E-state index contributed by atoms with van der Waals surface area (Å²) < 4.78 is 0. The van der Waals surface area contributed by atoms with E-state index in [2.05, 4.69) is 10.2 Å². The first-order chi connectivity index (χ1) is 11.6. The molecule has 0 saturated heterocycles. The number of phenolic OH excluding ortho intramolecular Hbond substituents is 1. The lowest BCUT2D eigenvalue weighted by molar-refractivity contribution is -0.116. The molecule has 2 N–H and O–H groups in total. The fourth-order valence-electron chi connectivity index (χ4n) is 3.20. The van der Waals surface area contributed by atoms with Crippen molar-refractivity contribution in [2.45, 2.75) is 13.3 Å². The van der Waals surface area contributed by atoms with Crippen LogP contribution in [0.5, 0.6) is 5.75 Å². The molecule has 0 aliphatic heterocycles. The van der Waals surface area contributed by atoms with Crippen molar-refractivity contribution in [1.29, 1.82) is 0 Å². The van der Waals surface area contributed by atoms with E-state index >= 15 is 0 Å². The molecular formula is C19H14N2O3. The summed E-state index contributed by atoms with van der Waals surface area (Å²) in [5.41, 5.74) is 4.61. The molecule has 0 radical (unpaired) electrons. The molecule has 0 amide bonds. The molecule has 3 aromatic rings. The molecule has 0 saturated carbocycles. The number of aromatic amines is 1. The molecule has 2 aromatic carbocycles. The highest BCUT2D eigenvalue weighted by molar-refractivity contribution is 6.24. The highest BCUT2D eigenvalue weighted by Gasteiger charge is 2.34. The zero-order valence-corrected chi connectivity index (χ0v) is 13.0. The van der Waals surface area contributed by atoms with E-state index in [-0.39, 0.29) is 23.7 Å². The van der Waals surface area contributed by atoms with Gasteiger partial charge in [-0.3, -0.25) is 14.7 Å². The van der Waals surface area contributed by atoms with Gasteiger partial charge in [0.05, 0.1) is 11.3 Å². The first-order valence-corrected chi connectivity index (χ1v) is 7.60. The molecule has 1 aliphatic carbocycles. The number of aromatic hydroxyl groups is 1. The molecule has 0 fully saturated rings. The summed E-state index contributed by atoms with van der Waals surface area (Å²) in [6.07, 6.45) is 0.237. The number of H-pyrrole nitrogens is 1. The van der Waals surface area contributed by atoms with Crippen LogP contribution in [-0.2, 0) is 11.2 Å². The summed E-state index contributed by atoms with van der Waals surface area (Å²) in [5, 5.41) is 16.7. The van der Waals surface area contributed by atoms with Gasteiger partial charge in [-0.25, -0.2) is 0 Å². The van der Waals surface area contributed by atoms with Crippen LogP contribution in [0.1, 0.15) is 28.4 Å². The number of hydrogen-bond donors (Lipinski definition) is 2. The zero-order chi connectivity index (χ0) is 16.8. The molecule has 1 aromatic heterocycles. The van der Waals surface area contributed by atoms with Gasteiger partial charge in [0.25, 0.3) is 0 Å². The molecule has 4 rings (SSSR count). The van der Waals surface area contributed by atoms with Crippen LogP contribution in [0.15, 0.2) is 42.5 Å². The maximum atomic E-state index is 13.0. The number of carbonyl (C=O) groups excluding carboxylic acids is 2. The number of nitrogens with one attached hydrogen (secondary N) is 1. The number of rotatable bonds is 3. The summed E-state index contributed by atoms with van der Waals surface area (Å²) >= 11 is 0. The van der Waals surface area contributed by atoms with E-state index in [0.717, 1.165) is 16.7 Å². The number of Topliss-reactive ketones (excluding diaryl/α,β-unsaturated/α-hetero) is 1. The van der Waals surface area contributed by atoms with Crippen LogP contribution in [-0.4, -0.2) is 26.9 Å². The van der Waals surface area contributed by atoms with E-state index in [0.29, 0.717) is 22.5 Å². The second kappa shape index (κ2) is 5.16. The molecule has 118 valence electrons. The van der Waals surface area contributed by atoms with E-state index in [1.807, 2.05) is 18.2 Å². The number of aromatic nitrogens is 2. The lowest BCUT2D eigenvalue weighted by Gasteiger charge is -2.06. The Morgan fingerprint density at radius 3 is 2.58 bits per heavy atom. The number of ketones is 2. The van der Waals surface area contributed by atoms with Gasteiger partial charge in [0.15, 0.2) is 5.78 Å². The Morgan fingerprint density at radius 2 is 1.88 bits per heavy atom. The Hall–Kier alpha value is -3.21. The van der Waals surface area contributed by atoms with Crippen LogP contribution < -0.4 is 0 Å². The Bertz CT molecular complexity index is 984. The quantitative estimate of drug-likeness (QED) is 0.608. The average Bonchev–Trinajstić information content (AvgIpc) is 3.09. The van der Waals surface area contributed by atoms with Crippen molar-refractivity contribution in [3.8, 4) is 28.3 Å².